The summed E-state index contributed by atoms with van der Waals surface area (Å²) in [5.41, 5.74) is 4.31. The monoisotopic (exact) mass is 432 g/mol. The van der Waals surface area contributed by atoms with Crippen molar-refractivity contribution in [3.05, 3.63) is 82.9 Å². The van der Waals surface area contributed by atoms with Gasteiger partial charge in [-0.05, 0) is 48.5 Å². The van der Waals surface area contributed by atoms with E-state index in [9.17, 15) is 9.59 Å². The fourth-order valence-electron chi connectivity index (χ4n) is 4.04. The molecule has 2 heterocycles. The topological polar surface area (TPSA) is 64.7 Å². The molecule has 0 bridgehead atoms. The summed E-state index contributed by atoms with van der Waals surface area (Å²) in [5.74, 6) is -0.230. The Kier molecular flexibility index (Phi) is 5.00. The van der Waals surface area contributed by atoms with Crippen molar-refractivity contribution in [1.82, 2.24) is 4.90 Å². The van der Waals surface area contributed by atoms with E-state index in [2.05, 4.69) is 15.5 Å². The lowest BCUT2D eigenvalue weighted by Crippen LogP contribution is -2.48. The van der Waals surface area contributed by atoms with Crippen LogP contribution in [0.5, 0.6) is 0 Å². The molecule has 3 aromatic carbocycles. The van der Waals surface area contributed by atoms with Crippen LogP contribution in [0.25, 0.3) is 0 Å². The Labute approximate surface area is 185 Å². The molecule has 0 unspecified atom stereocenters. The predicted molar refractivity (Wildman–Crippen MR) is 124 cm³/mol. The SMILES string of the molecule is O=C1Nc2cc(C(=O)N3CCN(c4cccc(Cl)c4)CC3)ccc2Nc2ccccc21. The van der Waals surface area contributed by atoms with Crippen molar-refractivity contribution < 1.29 is 9.59 Å². The van der Waals surface area contributed by atoms with Gasteiger partial charge in [-0.3, -0.25) is 9.59 Å². The number of hydrogen-bond acceptors (Lipinski definition) is 4. The third kappa shape index (κ3) is 3.82. The Morgan fingerprint density at radius 3 is 2.42 bits per heavy atom. The standard InChI is InChI=1S/C24H21ClN4O2/c25-17-4-3-5-18(15-17)28-10-12-29(13-11-28)24(31)16-8-9-21-22(14-16)27-23(30)19-6-1-2-7-20(19)26-21/h1-9,14-15,26H,10-13H2,(H,27,30). The first-order chi connectivity index (χ1) is 15.1. The quantitative estimate of drug-likeness (QED) is 0.620. The van der Waals surface area contributed by atoms with Crippen LogP contribution in [0.15, 0.2) is 66.7 Å². The maximum Gasteiger partial charge on any atom is 0.257 e. The number of para-hydroxylation sites is 1. The molecule has 6 nitrogen and oxygen atoms in total. The van der Waals surface area contributed by atoms with Crippen LogP contribution in [0, 0.1) is 0 Å². The lowest BCUT2D eigenvalue weighted by molar-refractivity contribution is 0.0746. The second-order valence-corrected chi connectivity index (χ2v) is 8.08. The number of carbonyl (C=O) groups excluding carboxylic acids is 2. The van der Waals surface area contributed by atoms with Crippen molar-refractivity contribution in [2.24, 2.45) is 0 Å². The maximum atomic E-state index is 13.1. The summed E-state index contributed by atoms with van der Waals surface area (Å²) >= 11 is 6.11. The second kappa shape index (κ2) is 7.96. The predicted octanol–water partition coefficient (Wildman–Crippen LogP) is 4.61. The normalized spacial score (nSPS) is 15.3. The van der Waals surface area contributed by atoms with Gasteiger partial charge < -0.3 is 20.4 Å². The molecule has 2 N–H and O–H groups in total. The van der Waals surface area contributed by atoms with Gasteiger partial charge >= 0.3 is 0 Å². The number of rotatable bonds is 2. The van der Waals surface area contributed by atoms with Gasteiger partial charge in [-0.2, -0.15) is 0 Å². The molecule has 0 radical (unpaired) electrons. The summed E-state index contributed by atoms with van der Waals surface area (Å²) in [7, 11) is 0. The Bertz CT molecular complexity index is 1170. The van der Waals surface area contributed by atoms with E-state index < -0.39 is 0 Å². The van der Waals surface area contributed by atoms with E-state index >= 15 is 0 Å². The number of nitrogens with one attached hydrogen (secondary N) is 2. The van der Waals surface area contributed by atoms with Crippen LogP contribution in [-0.2, 0) is 0 Å². The molecule has 31 heavy (non-hydrogen) atoms. The molecule has 1 saturated heterocycles. The molecule has 0 aliphatic carbocycles. The van der Waals surface area contributed by atoms with Crippen molar-refractivity contribution in [2.45, 2.75) is 0 Å². The van der Waals surface area contributed by atoms with E-state index in [0.29, 0.717) is 34.9 Å². The van der Waals surface area contributed by atoms with Gasteiger partial charge in [0.2, 0.25) is 0 Å². The summed E-state index contributed by atoms with van der Waals surface area (Å²) in [6.07, 6.45) is 0. The third-order valence-electron chi connectivity index (χ3n) is 5.70. The minimum atomic E-state index is -0.193. The Balaban J connectivity index is 1.31. The van der Waals surface area contributed by atoms with E-state index in [-0.39, 0.29) is 11.8 Å². The first kappa shape index (κ1) is 19.5. The van der Waals surface area contributed by atoms with E-state index in [1.54, 1.807) is 18.2 Å². The number of carbonyl (C=O) groups is 2. The van der Waals surface area contributed by atoms with Gasteiger partial charge in [0.1, 0.15) is 0 Å². The first-order valence-electron chi connectivity index (χ1n) is 10.2. The number of fused-ring (bicyclic) bond motifs is 2. The van der Waals surface area contributed by atoms with E-state index in [1.807, 2.05) is 53.4 Å². The highest BCUT2D eigenvalue weighted by atomic mass is 35.5. The van der Waals surface area contributed by atoms with Gasteiger partial charge in [-0.15, -0.1) is 0 Å². The summed E-state index contributed by atoms with van der Waals surface area (Å²) in [6, 6.07) is 20.5. The average molecular weight is 433 g/mol. The zero-order chi connectivity index (χ0) is 21.4. The highest BCUT2D eigenvalue weighted by Crippen LogP contribution is 2.33. The number of amides is 2. The average Bonchev–Trinajstić information content (AvgIpc) is 2.94. The third-order valence-corrected chi connectivity index (χ3v) is 5.93. The molecule has 0 saturated carbocycles. The van der Waals surface area contributed by atoms with Crippen LogP contribution >= 0.6 is 11.6 Å². The number of hydrogen-bond donors (Lipinski definition) is 2. The van der Waals surface area contributed by atoms with Crippen molar-refractivity contribution in [1.29, 1.82) is 0 Å². The van der Waals surface area contributed by atoms with Crippen LogP contribution in [0.1, 0.15) is 20.7 Å². The van der Waals surface area contributed by atoms with Crippen molar-refractivity contribution in [2.75, 3.05) is 41.7 Å². The number of piperazine rings is 1. The largest absolute Gasteiger partial charge is 0.368 e. The minimum Gasteiger partial charge on any atom is -0.368 e. The molecule has 2 aliphatic rings. The van der Waals surface area contributed by atoms with Gasteiger partial charge in [0, 0.05) is 42.5 Å². The van der Waals surface area contributed by atoms with Crippen LogP contribution in [-0.4, -0.2) is 42.9 Å². The summed E-state index contributed by atoms with van der Waals surface area (Å²) in [4.78, 5) is 29.8. The molecular weight excluding hydrogens is 412 g/mol. The van der Waals surface area contributed by atoms with E-state index in [4.69, 9.17) is 11.6 Å². The molecule has 2 aliphatic heterocycles. The molecule has 1 fully saturated rings. The van der Waals surface area contributed by atoms with Gasteiger partial charge in [0.25, 0.3) is 11.8 Å². The van der Waals surface area contributed by atoms with Gasteiger partial charge in [0.05, 0.1) is 22.6 Å². The molecule has 156 valence electrons. The maximum absolute atomic E-state index is 13.1. The highest BCUT2D eigenvalue weighted by Gasteiger charge is 2.24. The van der Waals surface area contributed by atoms with Crippen molar-refractivity contribution >= 4 is 46.2 Å². The van der Waals surface area contributed by atoms with E-state index in [0.717, 1.165) is 30.2 Å². The fraction of sp³-hybridized carbons (Fsp3) is 0.167. The molecule has 2 amide bonds. The summed E-state index contributed by atoms with van der Waals surface area (Å²) in [5, 5.41) is 6.91. The number of benzene rings is 3. The highest BCUT2D eigenvalue weighted by molar-refractivity contribution is 6.30. The van der Waals surface area contributed by atoms with Crippen LogP contribution in [0.4, 0.5) is 22.7 Å². The van der Waals surface area contributed by atoms with Gasteiger partial charge in [-0.25, -0.2) is 0 Å². The second-order valence-electron chi connectivity index (χ2n) is 7.64. The van der Waals surface area contributed by atoms with Crippen LogP contribution in [0.2, 0.25) is 5.02 Å². The van der Waals surface area contributed by atoms with Crippen LogP contribution < -0.4 is 15.5 Å². The van der Waals surface area contributed by atoms with Crippen molar-refractivity contribution in [3.63, 3.8) is 0 Å². The Hall–Kier alpha value is -3.51. The molecule has 0 atom stereocenters. The first-order valence-corrected chi connectivity index (χ1v) is 10.6. The molecule has 0 aromatic heterocycles. The summed E-state index contributed by atoms with van der Waals surface area (Å²) < 4.78 is 0. The fourth-order valence-corrected chi connectivity index (χ4v) is 4.22. The summed E-state index contributed by atoms with van der Waals surface area (Å²) in [6.45, 7) is 2.73. The number of halogens is 1. The minimum absolute atomic E-state index is 0.0374. The molecule has 5 rings (SSSR count). The Morgan fingerprint density at radius 1 is 0.806 bits per heavy atom. The molecule has 7 heteroatoms. The molecule has 0 spiro atoms. The number of anilines is 4. The smallest absolute Gasteiger partial charge is 0.257 e. The lowest BCUT2D eigenvalue weighted by Gasteiger charge is -2.36. The van der Waals surface area contributed by atoms with Gasteiger partial charge in [0.15, 0.2) is 0 Å². The zero-order valence-corrected chi connectivity index (χ0v) is 17.5. The van der Waals surface area contributed by atoms with Gasteiger partial charge in [-0.1, -0.05) is 29.8 Å². The molecular formula is C24H21ClN4O2. The van der Waals surface area contributed by atoms with Crippen molar-refractivity contribution in [3.8, 4) is 0 Å². The zero-order valence-electron chi connectivity index (χ0n) is 16.8. The lowest BCUT2D eigenvalue weighted by atomic mass is 10.1. The molecule has 3 aromatic rings. The van der Waals surface area contributed by atoms with E-state index in [1.165, 1.54) is 0 Å². The van der Waals surface area contributed by atoms with Crippen LogP contribution in [0.3, 0.4) is 0 Å². The Morgan fingerprint density at radius 2 is 1.61 bits per heavy atom. The number of nitrogens with zero attached hydrogens (tertiary/aromatic N) is 2.